The Kier molecular flexibility index (Phi) is 2.87. The number of nitrogens with zero attached hydrogens (tertiary/aromatic N) is 1. The zero-order valence-corrected chi connectivity index (χ0v) is 8.97. The standard InChI is InChI=1S/C11H18N2O/c1-8-10(7-12-2)14-11(13-8)9-5-3-4-6-9/h9,12H,3-7H2,1-2H3. The summed E-state index contributed by atoms with van der Waals surface area (Å²) >= 11 is 0. The van der Waals surface area contributed by atoms with Gasteiger partial charge < -0.3 is 9.73 Å². The minimum Gasteiger partial charge on any atom is -0.444 e. The quantitative estimate of drug-likeness (QED) is 0.802. The summed E-state index contributed by atoms with van der Waals surface area (Å²) in [5.41, 5.74) is 1.04. The lowest BCUT2D eigenvalue weighted by molar-refractivity contribution is 0.412. The number of aromatic nitrogens is 1. The molecule has 0 spiro atoms. The number of nitrogens with one attached hydrogen (secondary N) is 1. The van der Waals surface area contributed by atoms with Gasteiger partial charge in [-0.05, 0) is 26.8 Å². The molecule has 1 aromatic heterocycles. The molecule has 1 aliphatic carbocycles. The lowest BCUT2D eigenvalue weighted by atomic mass is 10.1. The minimum atomic E-state index is 0.583. The average molecular weight is 194 g/mol. The van der Waals surface area contributed by atoms with E-state index in [-0.39, 0.29) is 0 Å². The Morgan fingerprint density at radius 2 is 2.14 bits per heavy atom. The van der Waals surface area contributed by atoms with Crippen LogP contribution in [-0.2, 0) is 6.54 Å². The molecule has 3 heteroatoms. The maximum Gasteiger partial charge on any atom is 0.197 e. The maximum atomic E-state index is 5.77. The second-order valence-corrected chi connectivity index (χ2v) is 4.07. The summed E-state index contributed by atoms with van der Waals surface area (Å²) < 4.78 is 5.77. The SMILES string of the molecule is CNCc1oc(C2CCCC2)nc1C. The second-order valence-electron chi connectivity index (χ2n) is 4.07. The molecule has 0 bridgehead atoms. The molecule has 0 aliphatic heterocycles. The van der Waals surface area contributed by atoms with E-state index in [1.165, 1.54) is 25.7 Å². The molecule has 0 aromatic carbocycles. The number of aryl methyl sites for hydroxylation is 1. The van der Waals surface area contributed by atoms with E-state index in [4.69, 9.17) is 4.42 Å². The zero-order chi connectivity index (χ0) is 9.97. The predicted octanol–water partition coefficient (Wildman–Crippen LogP) is 2.36. The number of oxazole rings is 1. The Balaban J connectivity index is 2.14. The molecule has 0 atom stereocenters. The van der Waals surface area contributed by atoms with Crippen LogP contribution in [0.25, 0.3) is 0 Å². The van der Waals surface area contributed by atoms with Gasteiger partial charge >= 0.3 is 0 Å². The van der Waals surface area contributed by atoms with Crippen molar-refractivity contribution in [3.63, 3.8) is 0 Å². The van der Waals surface area contributed by atoms with Crippen molar-refractivity contribution < 1.29 is 4.42 Å². The fraction of sp³-hybridized carbons (Fsp3) is 0.727. The van der Waals surface area contributed by atoms with Gasteiger partial charge in [0.1, 0.15) is 5.76 Å². The van der Waals surface area contributed by atoms with Crippen LogP contribution in [0.2, 0.25) is 0 Å². The first-order valence-corrected chi connectivity index (χ1v) is 5.42. The van der Waals surface area contributed by atoms with E-state index < -0.39 is 0 Å². The molecule has 3 nitrogen and oxygen atoms in total. The number of hydrogen-bond donors (Lipinski definition) is 1. The molecule has 78 valence electrons. The van der Waals surface area contributed by atoms with Crippen molar-refractivity contribution in [2.75, 3.05) is 7.05 Å². The van der Waals surface area contributed by atoms with Crippen LogP contribution in [0.1, 0.15) is 48.9 Å². The molecule has 0 saturated heterocycles. The van der Waals surface area contributed by atoms with E-state index in [0.717, 1.165) is 23.9 Å². The fourth-order valence-corrected chi connectivity index (χ4v) is 2.12. The molecule has 1 saturated carbocycles. The molecule has 14 heavy (non-hydrogen) atoms. The Bertz CT molecular complexity index is 300. The number of hydrogen-bond acceptors (Lipinski definition) is 3. The van der Waals surface area contributed by atoms with Crippen molar-refractivity contribution in [1.29, 1.82) is 0 Å². The Morgan fingerprint density at radius 1 is 1.43 bits per heavy atom. The van der Waals surface area contributed by atoms with Crippen LogP contribution in [0.5, 0.6) is 0 Å². The summed E-state index contributed by atoms with van der Waals surface area (Å²) in [6.45, 7) is 2.81. The van der Waals surface area contributed by atoms with Crippen LogP contribution in [0.15, 0.2) is 4.42 Å². The molecule has 0 radical (unpaired) electrons. The first kappa shape index (κ1) is 9.71. The van der Waals surface area contributed by atoms with Gasteiger partial charge in [-0.3, -0.25) is 0 Å². The van der Waals surface area contributed by atoms with Crippen LogP contribution in [0, 0.1) is 6.92 Å². The van der Waals surface area contributed by atoms with Crippen molar-refractivity contribution in [1.82, 2.24) is 10.3 Å². The van der Waals surface area contributed by atoms with Crippen molar-refractivity contribution in [3.8, 4) is 0 Å². The normalized spacial score (nSPS) is 17.9. The van der Waals surface area contributed by atoms with Crippen LogP contribution >= 0.6 is 0 Å². The van der Waals surface area contributed by atoms with Gasteiger partial charge in [-0.1, -0.05) is 12.8 Å². The lowest BCUT2D eigenvalue weighted by Crippen LogP contribution is -2.04. The maximum absolute atomic E-state index is 5.77. The Labute approximate surface area is 84.9 Å². The van der Waals surface area contributed by atoms with E-state index in [0.29, 0.717) is 5.92 Å². The summed E-state index contributed by atoms with van der Waals surface area (Å²) in [7, 11) is 1.93. The van der Waals surface area contributed by atoms with Crippen LogP contribution in [-0.4, -0.2) is 12.0 Å². The molecular formula is C11H18N2O. The van der Waals surface area contributed by atoms with Gasteiger partial charge in [-0.15, -0.1) is 0 Å². The van der Waals surface area contributed by atoms with E-state index in [9.17, 15) is 0 Å². The van der Waals surface area contributed by atoms with Gasteiger partial charge in [0.2, 0.25) is 0 Å². The topological polar surface area (TPSA) is 38.1 Å². The first-order valence-electron chi connectivity index (χ1n) is 5.42. The minimum absolute atomic E-state index is 0.583. The molecule has 0 unspecified atom stereocenters. The Hall–Kier alpha value is -0.830. The molecule has 1 fully saturated rings. The monoisotopic (exact) mass is 194 g/mol. The van der Waals surface area contributed by atoms with Crippen molar-refractivity contribution in [3.05, 3.63) is 17.3 Å². The molecule has 1 N–H and O–H groups in total. The molecule has 1 heterocycles. The van der Waals surface area contributed by atoms with Gasteiger partial charge in [0.15, 0.2) is 5.89 Å². The third-order valence-electron chi connectivity index (χ3n) is 2.95. The summed E-state index contributed by atoms with van der Waals surface area (Å²) in [6, 6.07) is 0. The van der Waals surface area contributed by atoms with E-state index >= 15 is 0 Å². The largest absolute Gasteiger partial charge is 0.444 e. The second kappa shape index (κ2) is 4.13. The summed E-state index contributed by atoms with van der Waals surface area (Å²) in [5.74, 6) is 2.54. The van der Waals surface area contributed by atoms with Gasteiger partial charge in [0, 0.05) is 5.92 Å². The smallest absolute Gasteiger partial charge is 0.197 e. The third kappa shape index (κ3) is 1.82. The molecule has 1 aromatic rings. The highest BCUT2D eigenvalue weighted by atomic mass is 16.4. The van der Waals surface area contributed by atoms with Crippen molar-refractivity contribution >= 4 is 0 Å². The first-order chi connectivity index (χ1) is 6.81. The summed E-state index contributed by atoms with van der Waals surface area (Å²) in [4.78, 5) is 4.50. The molecule has 2 rings (SSSR count). The van der Waals surface area contributed by atoms with E-state index in [1.807, 2.05) is 14.0 Å². The van der Waals surface area contributed by atoms with Crippen LogP contribution < -0.4 is 5.32 Å². The highest BCUT2D eigenvalue weighted by Crippen LogP contribution is 2.34. The zero-order valence-electron chi connectivity index (χ0n) is 8.97. The highest BCUT2D eigenvalue weighted by Gasteiger charge is 2.22. The predicted molar refractivity (Wildman–Crippen MR) is 55.2 cm³/mol. The van der Waals surface area contributed by atoms with Gasteiger partial charge in [0.05, 0.1) is 12.2 Å². The molecule has 0 amide bonds. The lowest BCUT2D eigenvalue weighted by Gasteiger charge is -2.01. The van der Waals surface area contributed by atoms with Crippen molar-refractivity contribution in [2.24, 2.45) is 0 Å². The highest BCUT2D eigenvalue weighted by molar-refractivity contribution is 5.10. The molecular weight excluding hydrogens is 176 g/mol. The fourth-order valence-electron chi connectivity index (χ4n) is 2.12. The summed E-state index contributed by atoms with van der Waals surface area (Å²) in [6.07, 6.45) is 5.15. The Morgan fingerprint density at radius 3 is 2.79 bits per heavy atom. The van der Waals surface area contributed by atoms with E-state index in [1.54, 1.807) is 0 Å². The van der Waals surface area contributed by atoms with Gasteiger partial charge in [-0.2, -0.15) is 0 Å². The van der Waals surface area contributed by atoms with E-state index in [2.05, 4.69) is 10.3 Å². The number of rotatable bonds is 3. The van der Waals surface area contributed by atoms with Gasteiger partial charge in [-0.25, -0.2) is 4.98 Å². The average Bonchev–Trinajstić information content (AvgIpc) is 2.76. The van der Waals surface area contributed by atoms with Gasteiger partial charge in [0.25, 0.3) is 0 Å². The van der Waals surface area contributed by atoms with Crippen LogP contribution in [0.3, 0.4) is 0 Å². The molecule has 1 aliphatic rings. The van der Waals surface area contributed by atoms with Crippen LogP contribution in [0.4, 0.5) is 0 Å². The third-order valence-corrected chi connectivity index (χ3v) is 2.95. The van der Waals surface area contributed by atoms with Crippen molar-refractivity contribution in [2.45, 2.75) is 45.1 Å². The summed E-state index contributed by atoms with van der Waals surface area (Å²) in [5, 5.41) is 3.09.